The van der Waals surface area contributed by atoms with Gasteiger partial charge in [-0.15, -0.1) is 0 Å². The van der Waals surface area contributed by atoms with Gasteiger partial charge < -0.3 is 71.9 Å². The summed E-state index contributed by atoms with van der Waals surface area (Å²) in [5, 5.41) is 0. The van der Waals surface area contributed by atoms with Crippen LogP contribution >= 0.6 is 0 Å². The van der Waals surface area contributed by atoms with Crippen LogP contribution in [0.3, 0.4) is 0 Å². The van der Waals surface area contributed by atoms with Crippen molar-refractivity contribution < 1.29 is 85.6 Å². The third-order valence-electron chi connectivity index (χ3n) is 3.43. The molecule has 3 aromatic rings. The fourth-order valence-corrected chi connectivity index (χ4v) is 1.94. The Balaban J connectivity index is -0.000000303. The number of aromatic nitrogens is 3. The Morgan fingerprint density at radius 2 is 0.556 bits per heavy atom. The highest BCUT2D eigenvalue weighted by molar-refractivity contribution is 4.84. The first kappa shape index (κ1) is 31.3. The van der Waals surface area contributed by atoms with Gasteiger partial charge in [0, 0.05) is 36.4 Å². The molecule has 3 aromatic heterocycles. The molecule has 3 rings (SSSR count). The zero-order valence-electron chi connectivity index (χ0n) is 16.3. The van der Waals surface area contributed by atoms with Crippen molar-refractivity contribution in [2.24, 2.45) is 0 Å². The predicted molar refractivity (Wildman–Crippen MR) is 96.9 cm³/mol. The van der Waals surface area contributed by atoms with Crippen LogP contribution in [0.1, 0.15) is 20.8 Å². The summed E-state index contributed by atoms with van der Waals surface area (Å²) in [7, 11) is 0. The Morgan fingerprint density at radius 3 is 0.667 bits per heavy atom. The van der Waals surface area contributed by atoms with Crippen molar-refractivity contribution in [3.8, 4) is 0 Å². The molecule has 0 spiro atoms. The Hall–Kier alpha value is -0.360. The molecule has 0 aliphatic carbocycles. The Labute approximate surface area is 215 Å². The number of hydrogen-bond acceptors (Lipinski definition) is 0. The molecule has 0 fully saturated rings. The summed E-state index contributed by atoms with van der Waals surface area (Å²) < 4.78 is 6.38. The minimum Gasteiger partial charge on any atom is -1.00 e. The van der Waals surface area contributed by atoms with E-state index in [1.807, 2.05) is 54.6 Å². The van der Waals surface area contributed by atoms with Crippen LogP contribution in [-0.4, -0.2) is 0 Å². The predicted octanol–water partition coefficient (Wildman–Crippen LogP) is -6.01. The summed E-state index contributed by atoms with van der Waals surface area (Å²) in [5.41, 5.74) is 0. The van der Waals surface area contributed by atoms with Crippen LogP contribution in [0, 0.1) is 0 Å². The first-order valence-electron chi connectivity index (χ1n) is 8.62. The zero-order chi connectivity index (χ0) is 17.5. The van der Waals surface area contributed by atoms with E-state index in [1.165, 1.54) is 0 Å². The number of hydrogen-bond donors (Lipinski definition) is 0. The lowest BCUT2D eigenvalue weighted by atomic mass is 10.5. The van der Waals surface area contributed by atoms with Crippen molar-refractivity contribution in [3.05, 3.63) is 91.8 Å². The van der Waals surface area contributed by atoms with Gasteiger partial charge in [-0.05, 0) is 20.8 Å². The van der Waals surface area contributed by atoms with Gasteiger partial charge in [-0.25, -0.2) is 13.7 Å². The lowest BCUT2D eigenvalue weighted by Gasteiger charge is -1.84. The number of rotatable bonds is 3. The molecule has 0 amide bonds. The largest absolute Gasteiger partial charge is 1.00 e. The first-order valence-corrected chi connectivity index (χ1v) is 8.62. The fraction of sp³-hybridized carbons (Fsp3) is 0.286. The third kappa shape index (κ3) is 16.3. The molecule has 3 heterocycles. The molecular formula is C21H30I3N3. The van der Waals surface area contributed by atoms with Crippen LogP contribution in [-0.2, 0) is 19.6 Å². The van der Waals surface area contributed by atoms with Gasteiger partial charge in [0.15, 0.2) is 37.2 Å². The van der Waals surface area contributed by atoms with E-state index in [2.05, 4.69) is 71.7 Å². The van der Waals surface area contributed by atoms with Crippen molar-refractivity contribution in [2.75, 3.05) is 0 Å². The Kier molecular flexibility index (Phi) is 25.5. The summed E-state index contributed by atoms with van der Waals surface area (Å²) in [6.07, 6.45) is 12.3. The standard InChI is InChI=1S/3C7H10N.3HI/c3*1-2-8-6-4-3-5-7-8;;;/h3*3-7H,2H2,1H3;3*1H/q3*+1;;;/p-3. The second kappa shape index (κ2) is 21.9. The maximum absolute atomic E-state index is 2.12. The number of aryl methyl sites for hydroxylation is 3. The lowest BCUT2D eigenvalue weighted by Crippen LogP contribution is -3.00. The summed E-state index contributed by atoms with van der Waals surface area (Å²) in [6, 6.07) is 18.2. The van der Waals surface area contributed by atoms with Crippen LogP contribution < -0.4 is 85.6 Å². The number of pyridine rings is 3. The van der Waals surface area contributed by atoms with Crippen molar-refractivity contribution in [1.82, 2.24) is 0 Å². The van der Waals surface area contributed by atoms with Crippen molar-refractivity contribution in [2.45, 2.75) is 40.4 Å². The van der Waals surface area contributed by atoms with Crippen LogP contribution in [0.2, 0.25) is 0 Å². The second-order valence-corrected chi connectivity index (χ2v) is 5.12. The Bertz CT molecular complexity index is 545. The summed E-state index contributed by atoms with van der Waals surface area (Å²) in [6.45, 7) is 9.54. The molecule has 6 heteroatoms. The summed E-state index contributed by atoms with van der Waals surface area (Å²) in [5.74, 6) is 0. The van der Waals surface area contributed by atoms with Crippen LogP contribution in [0.25, 0.3) is 0 Å². The number of halogens is 3. The monoisotopic (exact) mass is 705 g/mol. The molecule has 150 valence electrons. The second-order valence-electron chi connectivity index (χ2n) is 5.12. The van der Waals surface area contributed by atoms with Gasteiger partial charge in [-0.1, -0.05) is 18.2 Å². The highest BCUT2D eigenvalue weighted by Gasteiger charge is 1.87. The van der Waals surface area contributed by atoms with Gasteiger partial charge in [0.1, 0.15) is 19.6 Å². The smallest absolute Gasteiger partial charge is 0.168 e. The molecule has 3 nitrogen and oxygen atoms in total. The van der Waals surface area contributed by atoms with E-state index in [9.17, 15) is 0 Å². The molecule has 27 heavy (non-hydrogen) atoms. The maximum atomic E-state index is 2.12. The van der Waals surface area contributed by atoms with E-state index < -0.39 is 0 Å². The fourth-order valence-electron chi connectivity index (χ4n) is 1.94. The highest BCUT2D eigenvalue weighted by atomic mass is 127. The average molecular weight is 705 g/mol. The topological polar surface area (TPSA) is 11.6 Å². The lowest BCUT2D eigenvalue weighted by molar-refractivity contribution is -0.693. The first-order chi connectivity index (χ1) is 11.8. The molecule has 0 aromatic carbocycles. The van der Waals surface area contributed by atoms with Gasteiger partial charge >= 0.3 is 0 Å². The SMILES string of the molecule is CC[n+]1ccccc1.CC[n+]1ccccc1.CC[n+]1ccccc1.[I-].[I-].[I-]. The van der Waals surface area contributed by atoms with Gasteiger partial charge in [0.05, 0.1) is 0 Å². The molecule has 0 N–H and O–H groups in total. The third-order valence-corrected chi connectivity index (χ3v) is 3.43. The summed E-state index contributed by atoms with van der Waals surface area (Å²) >= 11 is 0. The summed E-state index contributed by atoms with van der Waals surface area (Å²) in [4.78, 5) is 0. The Morgan fingerprint density at radius 1 is 0.370 bits per heavy atom. The molecule has 0 atom stereocenters. The van der Waals surface area contributed by atoms with Gasteiger partial charge in [0.2, 0.25) is 0 Å². The minimum absolute atomic E-state index is 0. The van der Waals surface area contributed by atoms with Gasteiger partial charge in [-0.3, -0.25) is 0 Å². The molecule has 0 unspecified atom stereocenters. The average Bonchev–Trinajstić information content (AvgIpc) is 2.71. The van der Waals surface area contributed by atoms with Crippen LogP contribution in [0.15, 0.2) is 91.8 Å². The van der Waals surface area contributed by atoms with E-state index in [-0.39, 0.29) is 71.9 Å². The van der Waals surface area contributed by atoms with Gasteiger partial charge in [0.25, 0.3) is 0 Å². The van der Waals surface area contributed by atoms with E-state index >= 15 is 0 Å². The van der Waals surface area contributed by atoms with Crippen molar-refractivity contribution in [3.63, 3.8) is 0 Å². The highest BCUT2D eigenvalue weighted by Crippen LogP contribution is 1.76. The molecule has 0 saturated carbocycles. The molecule has 0 bridgehead atoms. The van der Waals surface area contributed by atoms with Crippen molar-refractivity contribution >= 4 is 0 Å². The van der Waals surface area contributed by atoms with Crippen molar-refractivity contribution in [1.29, 1.82) is 0 Å². The van der Waals surface area contributed by atoms with E-state index in [4.69, 9.17) is 0 Å². The minimum atomic E-state index is 0. The number of nitrogens with zero attached hydrogens (tertiary/aromatic N) is 3. The van der Waals surface area contributed by atoms with E-state index in [0.29, 0.717) is 0 Å². The molecule has 0 aliphatic rings. The van der Waals surface area contributed by atoms with E-state index in [0.717, 1.165) is 19.6 Å². The molecule has 0 saturated heterocycles. The molecule has 0 aliphatic heterocycles. The quantitative estimate of drug-likeness (QED) is 0.190. The van der Waals surface area contributed by atoms with Crippen LogP contribution in [0.5, 0.6) is 0 Å². The molecule has 0 radical (unpaired) electrons. The molecular weight excluding hydrogens is 675 g/mol. The van der Waals surface area contributed by atoms with Crippen LogP contribution in [0.4, 0.5) is 0 Å². The van der Waals surface area contributed by atoms with Gasteiger partial charge in [-0.2, -0.15) is 0 Å². The van der Waals surface area contributed by atoms with E-state index in [1.54, 1.807) is 0 Å². The maximum Gasteiger partial charge on any atom is 0.168 e. The normalized spacial score (nSPS) is 8.11. The zero-order valence-corrected chi connectivity index (χ0v) is 22.7.